The molecule has 0 unspecified atom stereocenters. The van der Waals surface area contributed by atoms with Gasteiger partial charge in [0.1, 0.15) is 12.5 Å². The number of hydrogen-bond acceptors (Lipinski definition) is 7. The molecule has 2 rings (SSSR count). The number of amides is 1. The minimum absolute atomic E-state index is 0.166. The second-order valence-corrected chi connectivity index (χ2v) is 3.47. The van der Waals surface area contributed by atoms with E-state index >= 15 is 0 Å². The lowest BCUT2D eigenvalue weighted by atomic mass is 10.4. The molecule has 0 radical (unpaired) electrons. The van der Waals surface area contributed by atoms with Gasteiger partial charge in [-0.3, -0.25) is 4.79 Å². The summed E-state index contributed by atoms with van der Waals surface area (Å²) >= 11 is 0. The summed E-state index contributed by atoms with van der Waals surface area (Å²) < 4.78 is 1.27. The zero-order valence-corrected chi connectivity index (χ0v) is 9.58. The minimum atomic E-state index is -0.553. The van der Waals surface area contributed by atoms with E-state index in [0.717, 1.165) is 6.20 Å². The van der Waals surface area contributed by atoms with Crippen LogP contribution in [0.25, 0.3) is 5.70 Å². The van der Waals surface area contributed by atoms with E-state index in [4.69, 9.17) is 4.84 Å². The fourth-order valence-corrected chi connectivity index (χ4v) is 1.44. The Kier molecular flexibility index (Phi) is 2.85. The molecule has 0 atom stereocenters. The third-order valence-corrected chi connectivity index (χ3v) is 2.20. The lowest BCUT2D eigenvalue weighted by Gasteiger charge is -2.17. The van der Waals surface area contributed by atoms with Crippen molar-refractivity contribution < 1.29 is 14.6 Å². The Balaban J connectivity index is 2.31. The standard InChI is InChI=1S/C8H10N6O4/c1-5(15)10-13-6(4-18-11-13)8-9-3-7(12(8)2)14(16)17/h3-4,11H,1-2H3,(H,10,15). The van der Waals surface area contributed by atoms with Gasteiger partial charge < -0.3 is 15.0 Å². The van der Waals surface area contributed by atoms with E-state index < -0.39 is 4.92 Å². The second-order valence-electron chi connectivity index (χ2n) is 3.47. The summed E-state index contributed by atoms with van der Waals surface area (Å²) in [4.78, 5) is 29.9. The van der Waals surface area contributed by atoms with E-state index in [1.807, 2.05) is 0 Å². The lowest BCUT2D eigenvalue weighted by Crippen LogP contribution is -2.45. The third kappa shape index (κ3) is 1.96. The number of nitrogens with zero attached hydrogens (tertiary/aromatic N) is 4. The highest BCUT2D eigenvalue weighted by Crippen LogP contribution is 2.22. The number of nitrogens with one attached hydrogen (secondary N) is 2. The highest BCUT2D eigenvalue weighted by Gasteiger charge is 2.28. The molecule has 10 heteroatoms. The number of hydrazine groups is 2. The van der Waals surface area contributed by atoms with Crippen molar-refractivity contribution in [3.8, 4) is 0 Å². The van der Waals surface area contributed by atoms with Gasteiger partial charge in [-0.2, -0.15) is 5.12 Å². The summed E-state index contributed by atoms with van der Waals surface area (Å²) in [6.45, 7) is 1.32. The SMILES string of the molecule is CC(=O)NN1NOC=C1c1ncc([N+](=O)[O-])n1C. The first-order valence-electron chi connectivity index (χ1n) is 4.86. The van der Waals surface area contributed by atoms with Gasteiger partial charge in [0.15, 0.2) is 5.70 Å². The normalized spacial score (nSPS) is 14.1. The van der Waals surface area contributed by atoms with Gasteiger partial charge in [0.05, 0.1) is 7.05 Å². The Labute approximate surface area is 101 Å². The van der Waals surface area contributed by atoms with Gasteiger partial charge in [0.2, 0.25) is 5.91 Å². The van der Waals surface area contributed by atoms with Gasteiger partial charge in [-0.15, -0.1) is 0 Å². The highest BCUT2D eigenvalue weighted by molar-refractivity contribution is 5.74. The zero-order chi connectivity index (χ0) is 13.3. The molecule has 1 aliphatic heterocycles. The molecule has 0 bridgehead atoms. The van der Waals surface area contributed by atoms with Crippen molar-refractivity contribution >= 4 is 17.4 Å². The van der Waals surface area contributed by atoms with Crippen LogP contribution in [0.3, 0.4) is 0 Å². The number of hydrogen-bond donors (Lipinski definition) is 2. The van der Waals surface area contributed by atoms with Gasteiger partial charge in [-0.1, -0.05) is 0 Å². The molecule has 0 fully saturated rings. The predicted octanol–water partition coefficient (Wildman–Crippen LogP) is -0.570. The molecule has 96 valence electrons. The van der Waals surface area contributed by atoms with Crippen molar-refractivity contribution in [1.82, 2.24) is 25.7 Å². The van der Waals surface area contributed by atoms with E-state index in [9.17, 15) is 14.9 Å². The molecule has 1 aromatic heterocycles. The number of carbonyl (C=O) groups excluding carboxylic acids is 1. The molecule has 0 aliphatic carbocycles. The van der Waals surface area contributed by atoms with Crippen molar-refractivity contribution in [2.24, 2.45) is 7.05 Å². The smallest absolute Gasteiger partial charge is 0.342 e. The first-order valence-corrected chi connectivity index (χ1v) is 4.86. The van der Waals surface area contributed by atoms with Crippen LogP contribution in [0.4, 0.5) is 5.82 Å². The number of aromatic nitrogens is 2. The minimum Gasteiger partial charge on any atom is -0.393 e. The van der Waals surface area contributed by atoms with Crippen LogP contribution in [-0.4, -0.2) is 25.5 Å². The van der Waals surface area contributed by atoms with Crippen LogP contribution in [0, 0.1) is 10.1 Å². The molecule has 10 nitrogen and oxygen atoms in total. The number of imidazole rings is 1. The topological polar surface area (TPSA) is 115 Å². The van der Waals surface area contributed by atoms with Crippen LogP contribution >= 0.6 is 0 Å². The third-order valence-electron chi connectivity index (χ3n) is 2.20. The van der Waals surface area contributed by atoms with E-state index in [1.54, 1.807) is 0 Å². The molecule has 2 N–H and O–H groups in total. The van der Waals surface area contributed by atoms with Gasteiger partial charge in [0.25, 0.3) is 5.82 Å². The van der Waals surface area contributed by atoms with Crippen molar-refractivity contribution in [2.75, 3.05) is 0 Å². The number of carbonyl (C=O) groups is 1. The maximum atomic E-state index is 11.0. The molecule has 18 heavy (non-hydrogen) atoms. The molecule has 1 amide bonds. The maximum Gasteiger partial charge on any atom is 0.342 e. The fourth-order valence-electron chi connectivity index (χ4n) is 1.44. The Morgan fingerprint density at radius 2 is 2.39 bits per heavy atom. The van der Waals surface area contributed by atoms with E-state index in [0.29, 0.717) is 5.70 Å². The monoisotopic (exact) mass is 254 g/mol. The highest BCUT2D eigenvalue weighted by atomic mass is 16.7. The Bertz CT molecular complexity index is 536. The number of nitro groups is 1. The van der Waals surface area contributed by atoms with Crippen LogP contribution in [0.5, 0.6) is 0 Å². The van der Waals surface area contributed by atoms with Crippen molar-refractivity contribution in [1.29, 1.82) is 0 Å². The molecule has 0 saturated heterocycles. The average molecular weight is 254 g/mol. The summed E-state index contributed by atoms with van der Waals surface area (Å²) in [7, 11) is 1.49. The Morgan fingerprint density at radius 1 is 1.67 bits per heavy atom. The van der Waals surface area contributed by atoms with Gasteiger partial charge >= 0.3 is 5.82 Å². The molecule has 1 aliphatic rings. The first-order chi connectivity index (χ1) is 8.50. The summed E-state index contributed by atoms with van der Waals surface area (Å²) in [6, 6.07) is 0. The zero-order valence-electron chi connectivity index (χ0n) is 9.58. The quantitative estimate of drug-likeness (QED) is 0.548. The maximum absolute atomic E-state index is 11.0. The molecule has 0 spiro atoms. The van der Waals surface area contributed by atoms with Crippen LogP contribution in [-0.2, 0) is 16.7 Å². The van der Waals surface area contributed by atoms with Crippen molar-refractivity contribution in [3.63, 3.8) is 0 Å². The molecular formula is C8H10N6O4. The van der Waals surface area contributed by atoms with Crippen LogP contribution in [0.15, 0.2) is 12.5 Å². The first kappa shape index (κ1) is 11.9. The van der Waals surface area contributed by atoms with Crippen molar-refractivity contribution in [2.45, 2.75) is 6.92 Å². The van der Waals surface area contributed by atoms with E-state index in [1.165, 1.54) is 29.9 Å². The van der Waals surface area contributed by atoms with Crippen LogP contribution in [0.1, 0.15) is 12.7 Å². The second kappa shape index (κ2) is 4.33. The van der Waals surface area contributed by atoms with Crippen LogP contribution in [0.2, 0.25) is 0 Å². The molecule has 0 saturated carbocycles. The largest absolute Gasteiger partial charge is 0.393 e. The summed E-state index contributed by atoms with van der Waals surface area (Å²) in [6.07, 6.45) is 2.41. The molecule has 0 aromatic carbocycles. The van der Waals surface area contributed by atoms with Crippen LogP contribution < -0.4 is 11.0 Å². The van der Waals surface area contributed by atoms with Gasteiger partial charge in [0, 0.05) is 6.92 Å². The fraction of sp³-hybridized carbons (Fsp3) is 0.250. The van der Waals surface area contributed by atoms with Gasteiger partial charge in [-0.25, -0.2) is 15.0 Å². The summed E-state index contributed by atoms with van der Waals surface area (Å²) in [5.41, 5.74) is 5.16. The number of rotatable bonds is 3. The summed E-state index contributed by atoms with van der Waals surface area (Å²) in [5.74, 6) is -0.219. The Hall–Kier alpha value is -2.62. The predicted molar refractivity (Wildman–Crippen MR) is 57.7 cm³/mol. The van der Waals surface area contributed by atoms with E-state index in [-0.39, 0.29) is 17.5 Å². The van der Waals surface area contributed by atoms with Gasteiger partial charge in [-0.05, 0) is 10.5 Å². The summed E-state index contributed by atoms with van der Waals surface area (Å²) in [5, 5.41) is 11.9. The van der Waals surface area contributed by atoms with Crippen molar-refractivity contribution in [3.05, 3.63) is 28.4 Å². The molecular weight excluding hydrogens is 244 g/mol. The molecule has 1 aromatic rings. The van der Waals surface area contributed by atoms with E-state index in [2.05, 4.69) is 16.0 Å². The average Bonchev–Trinajstić information content (AvgIpc) is 2.83. The lowest BCUT2D eigenvalue weighted by molar-refractivity contribution is -0.391. The Morgan fingerprint density at radius 3 is 2.94 bits per heavy atom. The molecule has 2 heterocycles.